The molecular formula is C19H25NO. The van der Waals surface area contributed by atoms with Crippen LogP contribution in [0.4, 0.5) is 0 Å². The van der Waals surface area contributed by atoms with Crippen LogP contribution in [0.1, 0.15) is 38.3 Å². The first-order valence-corrected chi connectivity index (χ1v) is 7.62. The predicted molar refractivity (Wildman–Crippen MR) is 89.0 cm³/mol. The van der Waals surface area contributed by atoms with E-state index >= 15 is 0 Å². The van der Waals surface area contributed by atoms with Crippen LogP contribution in [0.15, 0.2) is 48.5 Å². The van der Waals surface area contributed by atoms with E-state index in [1.54, 1.807) is 0 Å². The first kappa shape index (κ1) is 15.6. The highest BCUT2D eigenvalue weighted by atomic mass is 16.5. The van der Waals surface area contributed by atoms with Crippen molar-refractivity contribution in [2.45, 2.75) is 39.0 Å². The molecule has 0 atom stereocenters. The highest BCUT2D eigenvalue weighted by Crippen LogP contribution is 2.29. The van der Waals surface area contributed by atoms with Gasteiger partial charge in [0.15, 0.2) is 0 Å². The molecule has 0 aliphatic carbocycles. The lowest BCUT2D eigenvalue weighted by atomic mass is 9.82. The van der Waals surface area contributed by atoms with Gasteiger partial charge in [-0.25, -0.2) is 0 Å². The van der Waals surface area contributed by atoms with Gasteiger partial charge in [0.25, 0.3) is 0 Å². The molecule has 0 unspecified atom stereocenters. The molecule has 2 aromatic carbocycles. The summed E-state index contributed by atoms with van der Waals surface area (Å²) in [6.45, 7) is 7.42. The summed E-state index contributed by atoms with van der Waals surface area (Å²) in [5.74, 6) is 1.73. The van der Waals surface area contributed by atoms with E-state index < -0.39 is 0 Å². The molecular weight excluding hydrogens is 258 g/mol. The van der Waals surface area contributed by atoms with Crippen LogP contribution in [0.5, 0.6) is 11.5 Å². The molecule has 2 rings (SSSR count). The quantitative estimate of drug-likeness (QED) is 0.836. The average molecular weight is 283 g/mol. The van der Waals surface area contributed by atoms with E-state index in [9.17, 15) is 0 Å². The standard InChI is InChI=1S/C19H25NO/c1-4-19(2,3)16-7-11-18(12-8-16)21-17-9-5-15(6-10-17)13-14-20/h5-12H,4,13-14,20H2,1-3H3. The molecule has 0 saturated carbocycles. The van der Waals surface area contributed by atoms with Crippen LogP contribution in [-0.2, 0) is 11.8 Å². The fourth-order valence-electron chi connectivity index (χ4n) is 2.21. The minimum atomic E-state index is 0.211. The van der Waals surface area contributed by atoms with Gasteiger partial charge in [0.05, 0.1) is 0 Å². The number of ether oxygens (including phenoxy) is 1. The zero-order valence-corrected chi connectivity index (χ0v) is 13.2. The van der Waals surface area contributed by atoms with E-state index in [1.807, 2.05) is 24.3 Å². The molecule has 0 bridgehead atoms. The Hall–Kier alpha value is -1.80. The number of hydrogen-bond donors (Lipinski definition) is 1. The van der Waals surface area contributed by atoms with E-state index in [1.165, 1.54) is 11.1 Å². The van der Waals surface area contributed by atoms with Gasteiger partial charge in [-0.2, -0.15) is 0 Å². The van der Waals surface area contributed by atoms with Gasteiger partial charge in [0.2, 0.25) is 0 Å². The summed E-state index contributed by atoms with van der Waals surface area (Å²) < 4.78 is 5.88. The molecule has 21 heavy (non-hydrogen) atoms. The third-order valence-electron chi connectivity index (χ3n) is 4.11. The third kappa shape index (κ3) is 4.08. The summed E-state index contributed by atoms with van der Waals surface area (Å²) in [5.41, 5.74) is 8.35. The van der Waals surface area contributed by atoms with Gasteiger partial charge in [-0.1, -0.05) is 45.0 Å². The first-order valence-electron chi connectivity index (χ1n) is 7.62. The molecule has 2 aromatic rings. The maximum atomic E-state index is 5.88. The van der Waals surface area contributed by atoms with Crippen molar-refractivity contribution in [3.05, 3.63) is 59.7 Å². The Bertz CT molecular complexity index is 555. The summed E-state index contributed by atoms with van der Waals surface area (Å²) in [4.78, 5) is 0. The summed E-state index contributed by atoms with van der Waals surface area (Å²) in [6, 6.07) is 16.5. The predicted octanol–water partition coefficient (Wildman–Crippen LogP) is 4.67. The molecule has 0 aromatic heterocycles. The maximum Gasteiger partial charge on any atom is 0.127 e. The summed E-state index contributed by atoms with van der Waals surface area (Å²) in [6.07, 6.45) is 2.02. The van der Waals surface area contributed by atoms with Crippen molar-refractivity contribution in [1.82, 2.24) is 0 Å². The number of benzene rings is 2. The van der Waals surface area contributed by atoms with Crippen LogP contribution in [0.2, 0.25) is 0 Å². The van der Waals surface area contributed by atoms with Crippen molar-refractivity contribution in [2.24, 2.45) is 5.73 Å². The molecule has 0 fully saturated rings. The van der Waals surface area contributed by atoms with E-state index in [-0.39, 0.29) is 5.41 Å². The number of hydrogen-bond acceptors (Lipinski definition) is 2. The second-order valence-electron chi connectivity index (χ2n) is 6.05. The van der Waals surface area contributed by atoms with Crippen LogP contribution < -0.4 is 10.5 Å². The second-order valence-corrected chi connectivity index (χ2v) is 6.05. The van der Waals surface area contributed by atoms with Crippen molar-refractivity contribution in [3.8, 4) is 11.5 Å². The average Bonchev–Trinajstić information content (AvgIpc) is 2.50. The molecule has 0 spiro atoms. The Balaban J connectivity index is 2.06. The SMILES string of the molecule is CCC(C)(C)c1ccc(Oc2ccc(CCN)cc2)cc1. The topological polar surface area (TPSA) is 35.2 Å². The van der Waals surface area contributed by atoms with Crippen LogP contribution in [0, 0.1) is 0 Å². The highest BCUT2D eigenvalue weighted by molar-refractivity contribution is 5.36. The number of rotatable bonds is 6. The van der Waals surface area contributed by atoms with Crippen molar-refractivity contribution in [1.29, 1.82) is 0 Å². The summed E-state index contributed by atoms with van der Waals surface area (Å²) >= 11 is 0. The Morgan fingerprint density at radius 2 is 1.43 bits per heavy atom. The maximum absolute atomic E-state index is 5.88. The van der Waals surface area contributed by atoms with Crippen LogP contribution in [0.25, 0.3) is 0 Å². The Labute approximate surface area is 127 Å². The molecule has 0 saturated heterocycles. The monoisotopic (exact) mass is 283 g/mol. The van der Waals surface area contributed by atoms with Crippen molar-refractivity contribution in [3.63, 3.8) is 0 Å². The Morgan fingerprint density at radius 1 is 0.905 bits per heavy atom. The Kier molecular flexibility index (Phi) is 5.03. The zero-order valence-electron chi connectivity index (χ0n) is 13.2. The van der Waals surface area contributed by atoms with E-state index in [0.717, 1.165) is 24.3 Å². The highest BCUT2D eigenvalue weighted by Gasteiger charge is 2.17. The molecule has 112 valence electrons. The smallest absolute Gasteiger partial charge is 0.127 e. The molecule has 2 N–H and O–H groups in total. The summed E-state index contributed by atoms with van der Waals surface area (Å²) in [5, 5.41) is 0. The van der Waals surface area contributed by atoms with Crippen molar-refractivity contribution in [2.75, 3.05) is 6.54 Å². The van der Waals surface area contributed by atoms with Gasteiger partial charge >= 0.3 is 0 Å². The molecule has 2 heteroatoms. The van der Waals surface area contributed by atoms with Gasteiger partial charge in [-0.15, -0.1) is 0 Å². The molecule has 0 amide bonds. The lowest BCUT2D eigenvalue weighted by molar-refractivity contribution is 0.478. The zero-order chi connectivity index (χ0) is 15.3. The fraction of sp³-hybridized carbons (Fsp3) is 0.368. The van der Waals surface area contributed by atoms with Gasteiger partial charge in [0.1, 0.15) is 11.5 Å². The van der Waals surface area contributed by atoms with Crippen LogP contribution >= 0.6 is 0 Å². The lowest BCUT2D eigenvalue weighted by Crippen LogP contribution is -2.14. The minimum Gasteiger partial charge on any atom is -0.457 e. The number of nitrogens with two attached hydrogens (primary N) is 1. The largest absolute Gasteiger partial charge is 0.457 e. The van der Waals surface area contributed by atoms with Gasteiger partial charge in [0, 0.05) is 0 Å². The molecule has 0 heterocycles. The van der Waals surface area contributed by atoms with Crippen molar-refractivity contribution < 1.29 is 4.74 Å². The van der Waals surface area contributed by atoms with Crippen LogP contribution in [0.3, 0.4) is 0 Å². The van der Waals surface area contributed by atoms with Gasteiger partial charge < -0.3 is 10.5 Å². The molecule has 0 radical (unpaired) electrons. The van der Waals surface area contributed by atoms with Gasteiger partial charge in [-0.3, -0.25) is 0 Å². The van der Waals surface area contributed by atoms with Crippen molar-refractivity contribution >= 4 is 0 Å². The molecule has 0 aliphatic rings. The van der Waals surface area contributed by atoms with E-state index in [2.05, 4.69) is 45.0 Å². The summed E-state index contributed by atoms with van der Waals surface area (Å²) in [7, 11) is 0. The fourth-order valence-corrected chi connectivity index (χ4v) is 2.21. The van der Waals surface area contributed by atoms with Crippen LogP contribution in [-0.4, -0.2) is 6.54 Å². The third-order valence-corrected chi connectivity index (χ3v) is 4.11. The van der Waals surface area contributed by atoms with Gasteiger partial charge in [-0.05, 0) is 60.2 Å². The lowest BCUT2D eigenvalue weighted by Gasteiger charge is -2.23. The molecule has 2 nitrogen and oxygen atoms in total. The first-order chi connectivity index (χ1) is 10.0. The minimum absolute atomic E-state index is 0.211. The van der Waals surface area contributed by atoms with E-state index in [0.29, 0.717) is 6.54 Å². The Morgan fingerprint density at radius 3 is 1.90 bits per heavy atom. The molecule has 0 aliphatic heterocycles. The van der Waals surface area contributed by atoms with E-state index in [4.69, 9.17) is 10.5 Å². The normalized spacial score (nSPS) is 11.4. The second kappa shape index (κ2) is 6.77.